The molecule has 0 heterocycles. The molecule has 23 heavy (non-hydrogen) atoms. The number of non-ortho nitro benzene ring substituents is 1. The van der Waals surface area contributed by atoms with E-state index in [4.69, 9.17) is 27.9 Å². The number of ether oxygens (including phenoxy) is 1. The number of benzene rings is 2. The van der Waals surface area contributed by atoms with Crippen molar-refractivity contribution in [3.05, 3.63) is 62.1 Å². The average Bonchev–Trinajstić information content (AvgIpc) is 2.49. The Morgan fingerprint density at radius 1 is 1.22 bits per heavy atom. The number of hydrogen-bond donors (Lipinski definition) is 1. The first kappa shape index (κ1) is 17.1. The minimum atomic E-state index is -0.566. The zero-order valence-corrected chi connectivity index (χ0v) is 13.5. The number of amides is 1. The lowest BCUT2D eigenvalue weighted by Gasteiger charge is -2.09. The van der Waals surface area contributed by atoms with Gasteiger partial charge in [0, 0.05) is 22.8 Å². The van der Waals surface area contributed by atoms with Gasteiger partial charge in [0.05, 0.1) is 9.95 Å². The smallest absolute Gasteiger partial charge is 0.271 e. The Kier molecular flexibility index (Phi) is 5.41. The van der Waals surface area contributed by atoms with Gasteiger partial charge in [-0.2, -0.15) is 0 Å². The molecule has 1 N–H and O–H groups in total. The number of carbonyl (C=O) groups is 1. The Morgan fingerprint density at radius 3 is 2.57 bits per heavy atom. The van der Waals surface area contributed by atoms with Gasteiger partial charge in [0.15, 0.2) is 6.61 Å². The van der Waals surface area contributed by atoms with Gasteiger partial charge in [0.1, 0.15) is 5.75 Å². The van der Waals surface area contributed by atoms with E-state index in [9.17, 15) is 14.9 Å². The number of nitro benzene ring substituents is 1. The van der Waals surface area contributed by atoms with Crippen LogP contribution >= 0.6 is 23.2 Å². The van der Waals surface area contributed by atoms with Crippen LogP contribution in [0.2, 0.25) is 10.0 Å². The molecule has 2 rings (SSSR count). The lowest BCUT2D eigenvalue weighted by molar-refractivity contribution is -0.384. The molecule has 0 saturated carbocycles. The van der Waals surface area contributed by atoms with Crippen LogP contribution in [0.1, 0.15) is 5.56 Å². The molecule has 8 heteroatoms. The molecule has 0 bridgehead atoms. The van der Waals surface area contributed by atoms with Crippen LogP contribution < -0.4 is 10.1 Å². The van der Waals surface area contributed by atoms with Crippen molar-refractivity contribution < 1.29 is 14.5 Å². The molecule has 0 aliphatic carbocycles. The fourth-order valence-corrected chi connectivity index (χ4v) is 2.14. The number of aryl methyl sites for hydroxylation is 1. The van der Waals surface area contributed by atoms with Gasteiger partial charge in [-0.15, -0.1) is 0 Å². The fraction of sp³-hybridized carbons (Fsp3) is 0.133. The third-order valence-electron chi connectivity index (χ3n) is 2.94. The quantitative estimate of drug-likeness (QED) is 0.643. The van der Waals surface area contributed by atoms with Crippen LogP contribution in [0.25, 0.3) is 0 Å². The van der Waals surface area contributed by atoms with Gasteiger partial charge in [-0.1, -0.05) is 29.3 Å². The second kappa shape index (κ2) is 7.30. The van der Waals surface area contributed by atoms with Gasteiger partial charge >= 0.3 is 0 Å². The Morgan fingerprint density at radius 2 is 1.96 bits per heavy atom. The van der Waals surface area contributed by atoms with E-state index in [2.05, 4.69) is 5.32 Å². The number of nitrogens with zero attached hydrogens (tertiary/aromatic N) is 1. The minimum absolute atomic E-state index is 0.0605. The summed E-state index contributed by atoms with van der Waals surface area (Å²) in [4.78, 5) is 21.9. The normalized spacial score (nSPS) is 10.2. The van der Waals surface area contributed by atoms with Crippen molar-refractivity contribution in [2.75, 3.05) is 11.9 Å². The van der Waals surface area contributed by atoms with E-state index in [1.165, 1.54) is 12.1 Å². The zero-order valence-electron chi connectivity index (χ0n) is 12.0. The molecule has 120 valence electrons. The van der Waals surface area contributed by atoms with Crippen LogP contribution in [0.15, 0.2) is 36.4 Å². The molecule has 2 aromatic rings. The summed E-state index contributed by atoms with van der Waals surface area (Å²) in [6.45, 7) is 1.57. The van der Waals surface area contributed by atoms with Crippen LogP contribution in [0.5, 0.6) is 5.75 Å². The highest BCUT2D eigenvalue weighted by molar-refractivity contribution is 6.32. The summed E-state index contributed by atoms with van der Waals surface area (Å²) >= 11 is 11.9. The SMILES string of the molecule is Cc1ccc(NC(=O)COc2ccc([N+](=O)[O-])cc2Cl)cc1Cl. The van der Waals surface area contributed by atoms with E-state index >= 15 is 0 Å². The number of halogens is 2. The van der Waals surface area contributed by atoms with Crippen LogP contribution in [-0.4, -0.2) is 17.4 Å². The third kappa shape index (κ3) is 4.58. The van der Waals surface area contributed by atoms with Gasteiger partial charge in [0.2, 0.25) is 0 Å². The van der Waals surface area contributed by atoms with Crippen molar-refractivity contribution in [1.29, 1.82) is 0 Å². The van der Waals surface area contributed by atoms with Crippen LogP contribution in [0.3, 0.4) is 0 Å². The number of nitro groups is 1. The first-order valence-corrected chi connectivity index (χ1v) is 7.25. The highest BCUT2D eigenvalue weighted by Gasteiger charge is 2.12. The summed E-state index contributed by atoms with van der Waals surface area (Å²) in [6, 6.07) is 8.89. The Hall–Kier alpha value is -2.31. The standard InChI is InChI=1S/C15H12Cl2N2O4/c1-9-2-3-10(6-12(9)16)18-15(20)8-23-14-5-4-11(19(21)22)7-13(14)17/h2-7H,8H2,1H3,(H,18,20). The molecule has 0 radical (unpaired) electrons. The lowest BCUT2D eigenvalue weighted by atomic mass is 10.2. The molecular formula is C15H12Cl2N2O4. The number of nitrogens with one attached hydrogen (secondary N) is 1. The van der Waals surface area contributed by atoms with Crippen molar-refractivity contribution in [1.82, 2.24) is 0 Å². The molecule has 0 aromatic heterocycles. The maximum absolute atomic E-state index is 11.8. The fourth-order valence-electron chi connectivity index (χ4n) is 1.73. The number of hydrogen-bond acceptors (Lipinski definition) is 4. The van der Waals surface area contributed by atoms with Crippen LogP contribution in [-0.2, 0) is 4.79 Å². The number of anilines is 1. The molecule has 2 aromatic carbocycles. The van der Waals surface area contributed by atoms with Crippen LogP contribution in [0.4, 0.5) is 11.4 Å². The van der Waals surface area contributed by atoms with E-state index in [1.807, 2.05) is 6.92 Å². The van der Waals surface area contributed by atoms with Crippen molar-refractivity contribution in [3.63, 3.8) is 0 Å². The highest BCUT2D eigenvalue weighted by atomic mass is 35.5. The maximum Gasteiger partial charge on any atom is 0.271 e. The summed E-state index contributed by atoms with van der Waals surface area (Å²) in [7, 11) is 0. The van der Waals surface area contributed by atoms with E-state index < -0.39 is 10.8 Å². The molecule has 0 unspecified atom stereocenters. The summed E-state index contributed by atoms with van der Waals surface area (Å²) < 4.78 is 5.26. The third-order valence-corrected chi connectivity index (χ3v) is 3.64. The average molecular weight is 355 g/mol. The molecule has 1 amide bonds. The van der Waals surface area contributed by atoms with Crippen molar-refractivity contribution in [2.45, 2.75) is 6.92 Å². The topological polar surface area (TPSA) is 81.5 Å². The van der Waals surface area contributed by atoms with E-state index in [1.54, 1.807) is 18.2 Å². The number of carbonyl (C=O) groups excluding carboxylic acids is 1. The van der Waals surface area contributed by atoms with Gasteiger partial charge in [0.25, 0.3) is 11.6 Å². The summed E-state index contributed by atoms with van der Waals surface area (Å²) in [5, 5.41) is 13.9. The Labute approximate surface area is 142 Å². The van der Waals surface area contributed by atoms with Gasteiger partial charge in [-0.05, 0) is 30.7 Å². The van der Waals surface area contributed by atoms with E-state index in [0.29, 0.717) is 10.7 Å². The first-order valence-electron chi connectivity index (χ1n) is 6.49. The second-order valence-electron chi connectivity index (χ2n) is 4.67. The van der Waals surface area contributed by atoms with Crippen molar-refractivity contribution in [3.8, 4) is 5.75 Å². The van der Waals surface area contributed by atoms with E-state index in [0.717, 1.165) is 11.6 Å². The monoisotopic (exact) mass is 354 g/mol. The molecule has 0 fully saturated rings. The zero-order chi connectivity index (χ0) is 17.0. The molecule has 0 atom stereocenters. The minimum Gasteiger partial charge on any atom is -0.482 e. The van der Waals surface area contributed by atoms with Gasteiger partial charge in [-0.3, -0.25) is 14.9 Å². The Balaban J connectivity index is 1.96. The predicted molar refractivity (Wildman–Crippen MR) is 88.4 cm³/mol. The first-order chi connectivity index (χ1) is 10.9. The summed E-state index contributed by atoms with van der Waals surface area (Å²) in [5.41, 5.74) is 1.30. The summed E-state index contributed by atoms with van der Waals surface area (Å²) in [5.74, 6) is -0.214. The molecule has 0 spiro atoms. The second-order valence-corrected chi connectivity index (χ2v) is 5.49. The number of rotatable bonds is 5. The molecular weight excluding hydrogens is 343 g/mol. The van der Waals surface area contributed by atoms with Crippen molar-refractivity contribution in [2.24, 2.45) is 0 Å². The molecule has 6 nitrogen and oxygen atoms in total. The maximum atomic E-state index is 11.8. The van der Waals surface area contributed by atoms with Gasteiger partial charge < -0.3 is 10.1 Å². The van der Waals surface area contributed by atoms with E-state index in [-0.39, 0.29) is 23.1 Å². The predicted octanol–water partition coefficient (Wildman–Crippen LogP) is 4.23. The van der Waals surface area contributed by atoms with Gasteiger partial charge in [-0.25, -0.2) is 0 Å². The lowest BCUT2D eigenvalue weighted by Crippen LogP contribution is -2.20. The molecule has 0 aliphatic heterocycles. The van der Waals surface area contributed by atoms with Crippen LogP contribution in [0, 0.1) is 17.0 Å². The van der Waals surface area contributed by atoms with Crippen molar-refractivity contribution >= 4 is 40.5 Å². The largest absolute Gasteiger partial charge is 0.482 e. The molecule has 0 aliphatic rings. The highest BCUT2D eigenvalue weighted by Crippen LogP contribution is 2.28. The summed E-state index contributed by atoms with van der Waals surface area (Å²) in [6.07, 6.45) is 0. The molecule has 0 saturated heterocycles. The Bertz CT molecular complexity index is 765.